The molecule has 0 fully saturated rings. The molecule has 0 saturated heterocycles. The molecule has 52 valence electrons. The van der Waals surface area contributed by atoms with E-state index in [1.165, 1.54) is 5.84 Å². The van der Waals surface area contributed by atoms with Gasteiger partial charge in [-0.25, -0.2) is 0 Å². The molecule has 9 heavy (non-hydrogen) atoms. The van der Waals surface area contributed by atoms with Gasteiger partial charge in [0.15, 0.2) is 0 Å². The molecule has 1 atom stereocenters. The minimum absolute atomic E-state index is 0.558. The van der Waals surface area contributed by atoms with E-state index in [2.05, 4.69) is 31.1 Å². The molecule has 0 aromatic heterocycles. The number of hydrogen-bond donors (Lipinski definition) is 1. The fraction of sp³-hybridized carbons (Fsp3) is 0.857. The van der Waals surface area contributed by atoms with E-state index in [1.54, 1.807) is 0 Å². The zero-order valence-electron chi connectivity index (χ0n) is 6.31. The molecule has 0 aromatic rings. The Labute approximate surface area is 56.4 Å². The van der Waals surface area contributed by atoms with Crippen molar-refractivity contribution in [3.63, 3.8) is 0 Å². The van der Waals surface area contributed by atoms with Crippen LogP contribution >= 0.6 is 0 Å². The highest BCUT2D eigenvalue weighted by Gasteiger charge is 2.13. The van der Waals surface area contributed by atoms with Crippen LogP contribution in [0.25, 0.3) is 0 Å². The predicted molar refractivity (Wildman–Crippen MR) is 39.7 cm³/mol. The van der Waals surface area contributed by atoms with Gasteiger partial charge in [-0.3, -0.25) is 4.99 Å². The Hall–Kier alpha value is -0.530. The summed E-state index contributed by atoms with van der Waals surface area (Å²) in [5.74, 6) is 1.73. The van der Waals surface area contributed by atoms with Crippen molar-refractivity contribution in [2.75, 3.05) is 6.54 Å². The van der Waals surface area contributed by atoms with Crippen LogP contribution in [0.5, 0.6) is 0 Å². The lowest BCUT2D eigenvalue weighted by Crippen LogP contribution is -2.30. The zero-order chi connectivity index (χ0) is 6.85. The van der Waals surface area contributed by atoms with E-state index in [4.69, 9.17) is 0 Å². The Kier molecular flexibility index (Phi) is 1.74. The van der Waals surface area contributed by atoms with Crippen LogP contribution in [0.4, 0.5) is 0 Å². The maximum absolute atomic E-state index is 4.32. The molecule has 0 saturated carbocycles. The molecule has 1 aliphatic heterocycles. The van der Waals surface area contributed by atoms with Crippen LogP contribution in [0.3, 0.4) is 0 Å². The first-order valence-corrected chi connectivity index (χ1v) is 3.51. The summed E-state index contributed by atoms with van der Waals surface area (Å²) in [5.41, 5.74) is 0. The van der Waals surface area contributed by atoms with E-state index >= 15 is 0 Å². The lowest BCUT2D eigenvalue weighted by atomic mass is 10.2. The van der Waals surface area contributed by atoms with Gasteiger partial charge in [0.1, 0.15) is 0 Å². The van der Waals surface area contributed by atoms with Crippen molar-refractivity contribution in [1.82, 2.24) is 5.32 Å². The molecule has 0 spiro atoms. The number of rotatable bonds is 1. The van der Waals surface area contributed by atoms with Gasteiger partial charge in [-0.05, 0) is 6.92 Å². The minimum atomic E-state index is 0.558. The third-order valence-corrected chi connectivity index (χ3v) is 1.48. The number of nitrogens with one attached hydrogen (secondary N) is 1. The standard InChI is InChI=1S/C7H14N2/c1-5(2)7-8-4-6(3)9-7/h5-6H,4H2,1-3H3,(H,8,9)/t6-/m0/s1. The first-order chi connectivity index (χ1) is 4.20. The maximum atomic E-state index is 4.32. The van der Waals surface area contributed by atoms with E-state index in [9.17, 15) is 0 Å². The highest BCUT2D eigenvalue weighted by atomic mass is 15.1. The summed E-state index contributed by atoms with van der Waals surface area (Å²) >= 11 is 0. The molecule has 0 aromatic carbocycles. The third kappa shape index (κ3) is 1.44. The molecule has 0 radical (unpaired) electrons. The molecule has 0 aliphatic carbocycles. The normalized spacial score (nSPS) is 26.2. The van der Waals surface area contributed by atoms with Crippen LogP contribution in [-0.2, 0) is 0 Å². The highest BCUT2D eigenvalue weighted by molar-refractivity contribution is 5.85. The largest absolute Gasteiger partial charge is 0.369 e. The van der Waals surface area contributed by atoms with Crippen molar-refractivity contribution < 1.29 is 0 Å². The first-order valence-electron chi connectivity index (χ1n) is 3.51. The topological polar surface area (TPSA) is 24.4 Å². The maximum Gasteiger partial charge on any atom is 0.0992 e. The van der Waals surface area contributed by atoms with Gasteiger partial charge < -0.3 is 5.32 Å². The molecule has 2 heteroatoms. The highest BCUT2D eigenvalue weighted by Crippen LogP contribution is 2.02. The van der Waals surface area contributed by atoms with Crippen LogP contribution in [0.1, 0.15) is 20.8 Å². The monoisotopic (exact) mass is 126 g/mol. The summed E-state index contributed by atoms with van der Waals surface area (Å²) in [6.07, 6.45) is 0. The van der Waals surface area contributed by atoms with Crippen molar-refractivity contribution >= 4 is 5.84 Å². The van der Waals surface area contributed by atoms with E-state index in [1.807, 2.05) is 0 Å². The second kappa shape index (κ2) is 2.38. The van der Waals surface area contributed by atoms with Crippen molar-refractivity contribution in [1.29, 1.82) is 0 Å². The molecular weight excluding hydrogens is 112 g/mol. The van der Waals surface area contributed by atoms with Crippen LogP contribution in [0.2, 0.25) is 0 Å². The van der Waals surface area contributed by atoms with Gasteiger partial charge in [0.05, 0.1) is 12.4 Å². The second-order valence-corrected chi connectivity index (χ2v) is 2.93. The quantitative estimate of drug-likeness (QED) is 0.557. The van der Waals surface area contributed by atoms with Gasteiger partial charge in [-0.2, -0.15) is 0 Å². The van der Waals surface area contributed by atoms with Crippen molar-refractivity contribution in [3.05, 3.63) is 0 Å². The Bertz CT molecular complexity index is 127. The van der Waals surface area contributed by atoms with Crippen LogP contribution < -0.4 is 5.32 Å². The zero-order valence-corrected chi connectivity index (χ0v) is 6.31. The molecule has 1 heterocycles. The van der Waals surface area contributed by atoms with E-state index in [-0.39, 0.29) is 0 Å². The number of nitrogens with zero attached hydrogens (tertiary/aromatic N) is 1. The van der Waals surface area contributed by atoms with E-state index < -0.39 is 0 Å². The number of amidine groups is 1. The van der Waals surface area contributed by atoms with Crippen LogP contribution in [0.15, 0.2) is 4.99 Å². The Morgan fingerprint density at radius 1 is 1.67 bits per heavy atom. The summed E-state index contributed by atoms with van der Waals surface area (Å²) in [6, 6.07) is 0.558. The van der Waals surface area contributed by atoms with Gasteiger partial charge in [0.25, 0.3) is 0 Å². The molecule has 0 amide bonds. The molecule has 1 aliphatic rings. The summed E-state index contributed by atoms with van der Waals surface area (Å²) in [5, 5.41) is 3.30. The molecule has 1 N–H and O–H groups in total. The van der Waals surface area contributed by atoms with E-state index in [0.29, 0.717) is 12.0 Å². The van der Waals surface area contributed by atoms with E-state index in [0.717, 1.165) is 6.54 Å². The summed E-state index contributed by atoms with van der Waals surface area (Å²) in [4.78, 5) is 4.32. The molecular formula is C7H14N2. The molecule has 0 unspecified atom stereocenters. The van der Waals surface area contributed by atoms with Gasteiger partial charge >= 0.3 is 0 Å². The van der Waals surface area contributed by atoms with Crippen molar-refractivity contribution in [3.8, 4) is 0 Å². The lowest BCUT2D eigenvalue weighted by Gasteiger charge is -2.07. The second-order valence-electron chi connectivity index (χ2n) is 2.93. The summed E-state index contributed by atoms with van der Waals surface area (Å²) < 4.78 is 0. The average molecular weight is 126 g/mol. The first kappa shape index (κ1) is 6.59. The fourth-order valence-corrected chi connectivity index (χ4v) is 0.928. The number of aliphatic imine (C=N–C) groups is 1. The van der Waals surface area contributed by atoms with Gasteiger partial charge in [0, 0.05) is 12.0 Å². The van der Waals surface area contributed by atoms with Crippen molar-refractivity contribution in [2.24, 2.45) is 10.9 Å². The predicted octanol–water partition coefficient (Wildman–Crippen LogP) is 1.03. The average Bonchev–Trinajstić information content (AvgIpc) is 2.14. The van der Waals surface area contributed by atoms with Gasteiger partial charge in [-0.1, -0.05) is 13.8 Å². The molecule has 0 bridgehead atoms. The summed E-state index contributed by atoms with van der Waals surface area (Å²) in [7, 11) is 0. The van der Waals surface area contributed by atoms with Crippen LogP contribution in [-0.4, -0.2) is 18.4 Å². The Morgan fingerprint density at radius 2 is 2.33 bits per heavy atom. The van der Waals surface area contributed by atoms with Gasteiger partial charge in [0.2, 0.25) is 0 Å². The Balaban J connectivity index is 2.45. The Morgan fingerprint density at radius 3 is 2.56 bits per heavy atom. The van der Waals surface area contributed by atoms with Crippen LogP contribution in [0, 0.1) is 5.92 Å². The van der Waals surface area contributed by atoms with Gasteiger partial charge in [-0.15, -0.1) is 0 Å². The van der Waals surface area contributed by atoms with Crippen molar-refractivity contribution in [2.45, 2.75) is 26.8 Å². The SMILES string of the molecule is CC(C)C1=NC[C@H](C)N1. The third-order valence-electron chi connectivity index (χ3n) is 1.48. The number of hydrogen-bond acceptors (Lipinski definition) is 2. The smallest absolute Gasteiger partial charge is 0.0992 e. The minimum Gasteiger partial charge on any atom is -0.369 e. The fourth-order valence-electron chi connectivity index (χ4n) is 0.928. The lowest BCUT2D eigenvalue weighted by molar-refractivity contribution is 0.708. The molecule has 2 nitrogen and oxygen atoms in total. The molecule has 1 rings (SSSR count). The summed E-state index contributed by atoms with van der Waals surface area (Å²) in [6.45, 7) is 7.42.